The van der Waals surface area contributed by atoms with E-state index in [0.29, 0.717) is 22.1 Å². The van der Waals surface area contributed by atoms with Gasteiger partial charge in [0.05, 0.1) is 0 Å². The summed E-state index contributed by atoms with van der Waals surface area (Å²) < 4.78 is 32.1. The van der Waals surface area contributed by atoms with E-state index in [2.05, 4.69) is 0 Å². The first kappa shape index (κ1) is 12.8. The molecule has 0 bridgehead atoms. The quantitative estimate of drug-likeness (QED) is 0.763. The summed E-state index contributed by atoms with van der Waals surface area (Å²) >= 11 is 0. The van der Waals surface area contributed by atoms with Crippen molar-refractivity contribution in [3.8, 4) is 0 Å². The Morgan fingerprint density at radius 3 is 2.60 bits per heavy atom. The second kappa shape index (κ2) is 4.72. The van der Waals surface area contributed by atoms with E-state index in [1.807, 2.05) is 0 Å². The van der Waals surface area contributed by atoms with E-state index in [1.165, 1.54) is 24.3 Å². The lowest BCUT2D eigenvalue weighted by molar-refractivity contribution is 0.192. The van der Waals surface area contributed by atoms with Gasteiger partial charge in [0.1, 0.15) is 29.1 Å². The maximum Gasteiger partial charge on any atom is 0.138 e. The molecule has 0 spiro atoms. The van der Waals surface area contributed by atoms with Gasteiger partial charge in [-0.3, -0.25) is 0 Å². The lowest BCUT2D eigenvalue weighted by atomic mass is 10.0. The fourth-order valence-electron chi connectivity index (χ4n) is 2.11. The van der Waals surface area contributed by atoms with Crippen molar-refractivity contribution < 1.29 is 18.3 Å². The highest BCUT2D eigenvalue weighted by Gasteiger charge is 2.17. The largest absolute Gasteiger partial charge is 0.458 e. The molecule has 0 radical (unpaired) electrons. The number of aliphatic hydroxyl groups is 1. The number of aryl methyl sites for hydroxylation is 1. The average Bonchev–Trinajstić information content (AvgIpc) is 2.84. The van der Waals surface area contributed by atoms with Gasteiger partial charge in [-0.25, -0.2) is 8.78 Å². The molecule has 0 aliphatic carbocycles. The van der Waals surface area contributed by atoms with Crippen molar-refractivity contribution in [3.63, 3.8) is 0 Å². The lowest BCUT2D eigenvalue weighted by Crippen LogP contribution is -1.99. The monoisotopic (exact) mass is 274 g/mol. The van der Waals surface area contributed by atoms with Crippen LogP contribution in [0.5, 0.6) is 0 Å². The summed E-state index contributed by atoms with van der Waals surface area (Å²) in [4.78, 5) is 0. The Morgan fingerprint density at radius 1 is 1.05 bits per heavy atom. The van der Waals surface area contributed by atoms with E-state index in [1.54, 1.807) is 25.1 Å². The van der Waals surface area contributed by atoms with Crippen LogP contribution in [-0.2, 0) is 0 Å². The first-order valence-electron chi connectivity index (χ1n) is 6.18. The zero-order valence-corrected chi connectivity index (χ0v) is 10.7. The Labute approximate surface area is 114 Å². The SMILES string of the molecule is Cc1ccc(C(O)c2cc3cc(F)ccc3o2)cc1F. The third kappa shape index (κ3) is 2.18. The van der Waals surface area contributed by atoms with Gasteiger partial charge in [-0.05, 0) is 48.4 Å². The predicted molar refractivity (Wildman–Crippen MR) is 71.4 cm³/mol. The van der Waals surface area contributed by atoms with Crippen LogP contribution in [0.2, 0.25) is 0 Å². The number of halogens is 2. The van der Waals surface area contributed by atoms with Gasteiger partial charge in [0.15, 0.2) is 0 Å². The van der Waals surface area contributed by atoms with E-state index in [-0.39, 0.29) is 17.4 Å². The van der Waals surface area contributed by atoms with Crippen LogP contribution >= 0.6 is 0 Å². The fraction of sp³-hybridized carbons (Fsp3) is 0.125. The number of aliphatic hydroxyl groups excluding tert-OH is 1. The van der Waals surface area contributed by atoms with Gasteiger partial charge in [0.25, 0.3) is 0 Å². The first-order valence-corrected chi connectivity index (χ1v) is 6.18. The smallest absolute Gasteiger partial charge is 0.138 e. The average molecular weight is 274 g/mol. The molecule has 102 valence electrons. The Morgan fingerprint density at radius 2 is 1.85 bits per heavy atom. The molecule has 20 heavy (non-hydrogen) atoms. The number of fused-ring (bicyclic) bond motifs is 1. The molecule has 0 aliphatic heterocycles. The zero-order chi connectivity index (χ0) is 14.3. The van der Waals surface area contributed by atoms with Gasteiger partial charge in [-0.15, -0.1) is 0 Å². The molecular formula is C16H12F2O2. The van der Waals surface area contributed by atoms with E-state index in [9.17, 15) is 13.9 Å². The highest BCUT2D eigenvalue weighted by Crippen LogP contribution is 2.29. The Kier molecular flexibility index (Phi) is 3.03. The normalized spacial score (nSPS) is 12.8. The summed E-state index contributed by atoms with van der Waals surface area (Å²) in [6, 6.07) is 10.2. The van der Waals surface area contributed by atoms with Crippen LogP contribution in [0, 0.1) is 18.6 Å². The summed E-state index contributed by atoms with van der Waals surface area (Å²) in [7, 11) is 0. The van der Waals surface area contributed by atoms with Crippen LogP contribution in [-0.4, -0.2) is 5.11 Å². The van der Waals surface area contributed by atoms with Crippen molar-refractivity contribution in [2.24, 2.45) is 0 Å². The van der Waals surface area contributed by atoms with Crippen LogP contribution in [0.3, 0.4) is 0 Å². The zero-order valence-electron chi connectivity index (χ0n) is 10.7. The Bertz CT molecular complexity index is 777. The molecule has 3 aromatic rings. The van der Waals surface area contributed by atoms with Crippen LogP contribution in [0.4, 0.5) is 8.78 Å². The topological polar surface area (TPSA) is 33.4 Å². The van der Waals surface area contributed by atoms with Gasteiger partial charge >= 0.3 is 0 Å². The summed E-state index contributed by atoms with van der Waals surface area (Å²) in [5.74, 6) is -0.502. The molecule has 0 aliphatic rings. The van der Waals surface area contributed by atoms with E-state index in [4.69, 9.17) is 4.42 Å². The van der Waals surface area contributed by atoms with Gasteiger partial charge in [-0.1, -0.05) is 12.1 Å². The number of hydrogen-bond acceptors (Lipinski definition) is 2. The van der Waals surface area contributed by atoms with Crippen LogP contribution in [0.25, 0.3) is 11.0 Å². The molecule has 3 rings (SSSR count). The molecule has 0 saturated heterocycles. The van der Waals surface area contributed by atoms with Crippen LogP contribution in [0.15, 0.2) is 46.9 Å². The minimum absolute atomic E-state index is 0.258. The summed E-state index contributed by atoms with van der Waals surface area (Å²) in [6.45, 7) is 1.65. The second-order valence-electron chi connectivity index (χ2n) is 4.74. The van der Waals surface area contributed by atoms with Crippen molar-refractivity contribution in [1.82, 2.24) is 0 Å². The van der Waals surface area contributed by atoms with Crippen molar-refractivity contribution in [1.29, 1.82) is 0 Å². The van der Waals surface area contributed by atoms with Crippen molar-refractivity contribution >= 4 is 11.0 Å². The maximum atomic E-state index is 13.5. The van der Waals surface area contributed by atoms with Gasteiger partial charge in [-0.2, -0.15) is 0 Å². The van der Waals surface area contributed by atoms with Gasteiger partial charge in [0, 0.05) is 5.39 Å². The molecular weight excluding hydrogens is 262 g/mol. The van der Waals surface area contributed by atoms with Crippen molar-refractivity contribution in [3.05, 3.63) is 71.0 Å². The maximum absolute atomic E-state index is 13.5. The molecule has 1 aromatic heterocycles. The molecule has 1 atom stereocenters. The first-order chi connectivity index (χ1) is 9.54. The fourth-order valence-corrected chi connectivity index (χ4v) is 2.11. The molecule has 0 amide bonds. The van der Waals surface area contributed by atoms with Gasteiger partial charge in [0.2, 0.25) is 0 Å². The molecule has 0 saturated carbocycles. The highest BCUT2D eigenvalue weighted by atomic mass is 19.1. The lowest BCUT2D eigenvalue weighted by Gasteiger charge is -2.08. The van der Waals surface area contributed by atoms with E-state index in [0.717, 1.165) is 0 Å². The molecule has 1 heterocycles. The predicted octanol–water partition coefficient (Wildman–Crippen LogP) is 4.10. The number of hydrogen-bond donors (Lipinski definition) is 1. The van der Waals surface area contributed by atoms with Crippen molar-refractivity contribution in [2.75, 3.05) is 0 Å². The highest BCUT2D eigenvalue weighted by molar-refractivity contribution is 5.78. The minimum atomic E-state index is -1.08. The Hall–Kier alpha value is -2.20. The molecule has 4 heteroatoms. The third-order valence-corrected chi connectivity index (χ3v) is 3.28. The second-order valence-corrected chi connectivity index (χ2v) is 4.74. The molecule has 2 aromatic carbocycles. The molecule has 0 fully saturated rings. The Balaban J connectivity index is 2.02. The van der Waals surface area contributed by atoms with E-state index >= 15 is 0 Å². The molecule has 1 unspecified atom stereocenters. The summed E-state index contributed by atoms with van der Waals surface area (Å²) in [5.41, 5.74) is 1.38. The summed E-state index contributed by atoms with van der Waals surface area (Å²) in [6.07, 6.45) is -1.08. The number of furan rings is 1. The summed E-state index contributed by atoms with van der Waals surface area (Å²) in [5, 5.41) is 10.8. The number of rotatable bonds is 2. The number of benzene rings is 2. The van der Waals surface area contributed by atoms with Gasteiger partial charge < -0.3 is 9.52 Å². The van der Waals surface area contributed by atoms with Crippen LogP contribution < -0.4 is 0 Å². The third-order valence-electron chi connectivity index (χ3n) is 3.28. The van der Waals surface area contributed by atoms with Crippen molar-refractivity contribution in [2.45, 2.75) is 13.0 Å². The molecule has 2 nitrogen and oxygen atoms in total. The van der Waals surface area contributed by atoms with Crippen LogP contribution in [0.1, 0.15) is 23.0 Å². The van der Waals surface area contributed by atoms with E-state index < -0.39 is 6.10 Å². The minimum Gasteiger partial charge on any atom is -0.458 e. The molecule has 1 N–H and O–H groups in total. The standard InChI is InChI=1S/C16H12F2O2/c1-9-2-3-10(7-13(9)18)16(19)15-8-11-6-12(17)4-5-14(11)20-15/h2-8,16,19H,1H3.